The van der Waals surface area contributed by atoms with E-state index in [1.165, 1.54) is 16.5 Å². The molecule has 27 heavy (non-hydrogen) atoms. The standard InChI is InChI=1S/C25H32O2/c1-24(2,3)20-11-7-17(8-12-20)23(26)27-22-14-10-18-15-21(25(4,5)6)13-9-19(18)16-22/h9-11,13-17H,7-8,12H2,1-6H3. The Labute approximate surface area is 163 Å². The van der Waals surface area contributed by atoms with Gasteiger partial charge in [0.15, 0.2) is 0 Å². The third-order valence-electron chi connectivity index (χ3n) is 5.60. The topological polar surface area (TPSA) is 26.3 Å². The Morgan fingerprint density at radius 2 is 1.59 bits per heavy atom. The average Bonchev–Trinajstić information content (AvgIpc) is 2.59. The summed E-state index contributed by atoms with van der Waals surface area (Å²) >= 11 is 0. The quantitative estimate of drug-likeness (QED) is 0.332. The maximum absolute atomic E-state index is 12.6. The molecular formula is C25H32O2. The Kier molecular flexibility index (Phi) is 5.20. The van der Waals surface area contributed by atoms with Crippen molar-refractivity contribution in [3.8, 4) is 5.75 Å². The first-order valence-corrected chi connectivity index (χ1v) is 9.99. The summed E-state index contributed by atoms with van der Waals surface area (Å²) in [6.07, 6.45) is 4.89. The first kappa shape index (κ1) is 19.7. The minimum atomic E-state index is -0.107. The fourth-order valence-corrected chi connectivity index (χ4v) is 3.68. The van der Waals surface area contributed by atoms with Crippen molar-refractivity contribution in [3.63, 3.8) is 0 Å². The molecule has 1 atom stereocenters. The van der Waals surface area contributed by atoms with Crippen LogP contribution < -0.4 is 4.74 Å². The van der Waals surface area contributed by atoms with E-state index in [0.717, 1.165) is 24.6 Å². The van der Waals surface area contributed by atoms with Crippen molar-refractivity contribution in [1.29, 1.82) is 0 Å². The molecule has 0 heterocycles. The summed E-state index contributed by atoms with van der Waals surface area (Å²) in [5.74, 6) is 0.501. The summed E-state index contributed by atoms with van der Waals surface area (Å²) in [5.41, 5.74) is 3.08. The first-order chi connectivity index (χ1) is 12.5. The largest absolute Gasteiger partial charge is 0.426 e. The second-order valence-corrected chi connectivity index (χ2v) is 9.85. The molecule has 3 rings (SSSR count). The zero-order valence-corrected chi connectivity index (χ0v) is 17.6. The minimum Gasteiger partial charge on any atom is -0.426 e. The van der Waals surface area contributed by atoms with E-state index in [1.54, 1.807) is 0 Å². The summed E-state index contributed by atoms with van der Waals surface area (Å²) in [4.78, 5) is 12.6. The van der Waals surface area contributed by atoms with E-state index in [0.29, 0.717) is 5.75 Å². The van der Waals surface area contributed by atoms with Gasteiger partial charge in [0.1, 0.15) is 5.75 Å². The molecule has 0 fully saturated rings. The number of hydrogen-bond acceptors (Lipinski definition) is 2. The van der Waals surface area contributed by atoms with E-state index in [4.69, 9.17) is 4.74 Å². The summed E-state index contributed by atoms with van der Waals surface area (Å²) in [6, 6.07) is 12.4. The molecule has 0 saturated carbocycles. The number of fused-ring (bicyclic) bond motifs is 1. The monoisotopic (exact) mass is 364 g/mol. The van der Waals surface area contributed by atoms with Gasteiger partial charge in [-0.2, -0.15) is 0 Å². The van der Waals surface area contributed by atoms with Gasteiger partial charge >= 0.3 is 5.97 Å². The van der Waals surface area contributed by atoms with Gasteiger partial charge in [0.25, 0.3) is 0 Å². The average molecular weight is 365 g/mol. The zero-order chi connectivity index (χ0) is 19.8. The molecule has 2 nitrogen and oxygen atoms in total. The van der Waals surface area contributed by atoms with Crippen LogP contribution in [0.5, 0.6) is 5.75 Å². The van der Waals surface area contributed by atoms with E-state index in [9.17, 15) is 4.79 Å². The maximum atomic E-state index is 12.6. The summed E-state index contributed by atoms with van der Waals surface area (Å²) < 4.78 is 5.71. The highest BCUT2D eigenvalue weighted by Gasteiger charge is 2.27. The van der Waals surface area contributed by atoms with Crippen LogP contribution in [0.3, 0.4) is 0 Å². The lowest BCUT2D eigenvalue weighted by Crippen LogP contribution is -2.24. The van der Waals surface area contributed by atoms with Crippen molar-refractivity contribution in [2.75, 3.05) is 0 Å². The van der Waals surface area contributed by atoms with Crippen molar-refractivity contribution in [2.45, 2.75) is 66.2 Å². The lowest BCUT2D eigenvalue weighted by Gasteiger charge is -2.28. The molecule has 144 valence electrons. The molecule has 2 heteroatoms. The number of carbonyl (C=O) groups excluding carboxylic acids is 1. The van der Waals surface area contributed by atoms with Crippen LogP contribution in [-0.2, 0) is 10.2 Å². The van der Waals surface area contributed by atoms with Crippen molar-refractivity contribution in [3.05, 3.63) is 53.6 Å². The number of esters is 1. The fourth-order valence-electron chi connectivity index (χ4n) is 3.68. The van der Waals surface area contributed by atoms with Crippen LogP contribution in [0.1, 0.15) is 66.4 Å². The fraction of sp³-hybridized carbons (Fsp3) is 0.480. The minimum absolute atomic E-state index is 0.0323. The third kappa shape index (κ3) is 4.61. The molecule has 1 aliphatic carbocycles. The van der Waals surface area contributed by atoms with Gasteiger partial charge in [-0.25, -0.2) is 0 Å². The molecule has 0 bridgehead atoms. The Morgan fingerprint density at radius 3 is 2.19 bits per heavy atom. The molecule has 0 amide bonds. The zero-order valence-electron chi connectivity index (χ0n) is 17.6. The number of ether oxygens (including phenoxy) is 1. The van der Waals surface area contributed by atoms with Crippen LogP contribution >= 0.6 is 0 Å². The number of carbonyl (C=O) groups is 1. The molecule has 0 N–H and O–H groups in total. The highest BCUT2D eigenvalue weighted by molar-refractivity contribution is 5.86. The van der Waals surface area contributed by atoms with E-state index in [-0.39, 0.29) is 22.7 Å². The Hall–Kier alpha value is -2.09. The van der Waals surface area contributed by atoms with E-state index >= 15 is 0 Å². The van der Waals surface area contributed by atoms with Crippen LogP contribution in [-0.4, -0.2) is 5.97 Å². The van der Waals surface area contributed by atoms with Gasteiger partial charge in [0, 0.05) is 0 Å². The third-order valence-corrected chi connectivity index (χ3v) is 5.60. The highest BCUT2D eigenvalue weighted by atomic mass is 16.5. The second kappa shape index (κ2) is 7.14. The number of hydrogen-bond donors (Lipinski definition) is 0. The van der Waals surface area contributed by atoms with Crippen molar-refractivity contribution >= 4 is 16.7 Å². The van der Waals surface area contributed by atoms with Gasteiger partial charge in [0.05, 0.1) is 5.92 Å². The summed E-state index contributed by atoms with van der Waals surface area (Å²) in [5, 5.41) is 2.28. The highest BCUT2D eigenvalue weighted by Crippen LogP contribution is 2.36. The lowest BCUT2D eigenvalue weighted by molar-refractivity contribution is -0.139. The van der Waals surface area contributed by atoms with Crippen LogP contribution in [0, 0.1) is 11.3 Å². The van der Waals surface area contributed by atoms with Gasteiger partial charge in [-0.15, -0.1) is 0 Å². The molecule has 0 aromatic heterocycles. The lowest BCUT2D eigenvalue weighted by atomic mass is 9.77. The van der Waals surface area contributed by atoms with E-state index in [2.05, 4.69) is 65.8 Å². The van der Waals surface area contributed by atoms with Crippen LogP contribution in [0.2, 0.25) is 0 Å². The molecular weight excluding hydrogens is 332 g/mol. The van der Waals surface area contributed by atoms with Gasteiger partial charge in [0.2, 0.25) is 0 Å². The van der Waals surface area contributed by atoms with Gasteiger partial charge in [-0.05, 0) is 58.6 Å². The molecule has 0 saturated heterocycles. The van der Waals surface area contributed by atoms with Gasteiger partial charge in [-0.3, -0.25) is 4.79 Å². The molecule has 2 aromatic rings. The number of allylic oxidation sites excluding steroid dienone is 2. The Balaban J connectivity index is 1.72. The van der Waals surface area contributed by atoms with Crippen LogP contribution in [0.25, 0.3) is 10.8 Å². The number of rotatable bonds is 2. The van der Waals surface area contributed by atoms with Crippen molar-refractivity contribution in [2.24, 2.45) is 11.3 Å². The van der Waals surface area contributed by atoms with Crippen LogP contribution in [0.15, 0.2) is 48.0 Å². The smallest absolute Gasteiger partial charge is 0.314 e. The Morgan fingerprint density at radius 1 is 0.926 bits per heavy atom. The first-order valence-electron chi connectivity index (χ1n) is 9.99. The molecule has 1 aliphatic rings. The maximum Gasteiger partial charge on any atom is 0.314 e. The molecule has 1 unspecified atom stereocenters. The van der Waals surface area contributed by atoms with E-state index in [1.807, 2.05) is 18.2 Å². The predicted octanol–water partition coefficient (Wildman–Crippen LogP) is 6.82. The normalized spacial score (nSPS) is 18.3. The molecule has 0 radical (unpaired) electrons. The summed E-state index contributed by atoms with van der Waals surface area (Å²) in [6.45, 7) is 13.4. The molecule has 2 aromatic carbocycles. The predicted molar refractivity (Wildman–Crippen MR) is 113 cm³/mol. The Bertz CT molecular complexity index is 875. The van der Waals surface area contributed by atoms with Crippen molar-refractivity contribution < 1.29 is 9.53 Å². The number of benzene rings is 2. The SMILES string of the molecule is CC(C)(C)C1=CCC(C(=O)Oc2ccc3cc(C(C)(C)C)ccc3c2)CC1. The molecule has 0 spiro atoms. The van der Waals surface area contributed by atoms with Gasteiger partial charge in [-0.1, -0.05) is 77.5 Å². The summed E-state index contributed by atoms with van der Waals surface area (Å²) in [7, 11) is 0. The van der Waals surface area contributed by atoms with E-state index < -0.39 is 0 Å². The second-order valence-electron chi connectivity index (χ2n) is 9.85. The van der Waals surface area contributed by atoms with Gasteiger partial charge < -0.3 is 4.74 Å². The molecule has 0 aliphatic heterocycles. The van der Waals surface area contributed by atoms with Crippen LogP contribution in [0.4, 0.5) is 0 Å². The van der Waals surface area contributed by atoms with Crippen molar-refractivity contribution in [1.82, 2.24) is 0 Å².